The van der Waals surface area contributed by atoms with Gasteiger partial charge < -0.3 is 34.9 Å². The van der Waals surface area contributed by atoms with Gasteiger partial charge in [-0.25, -0.2) is 9.97 Å². The molecule has 0 unspecified atom stereocenters. The smallest absolute Gasteiger partial charge is 0.257 e. The number of hydrogen-bond donors (Lipinski definition) is 3. The number of ether oxygens (including phenoxy) is 4. The molecule has 14 heteroatoms. The van der Waals surface area contributed by atoms with Crippen LogP contribution in [-0.2, 0) is 16.1 Å². The number of nitrogens with one attached hydrogen (secondary N) is 3. The lowest BCUT2D eigenvalue weighted by atomic mass is 9.77. The number of rotatable bonds is 5. The highest BCUT2D eigenvalue weighted by Crippen LogP contribution is 2.39. The third kappa shape index (κ3) is 9.97. The van der Waals surface area contributed by atoms with Crippen molar-refractivity contribution in [3.8, 4) is 23.3 Å². The van der Waals surface area contributed by atoms with Crippen molar-refractivity contribution in [2.45, 2.75) is 64.7 Å². The van der Waals surface area contributed by atoms with E-state index in [1.54, 1.807) is 30.6 Å². The van der Waals surface area contributed by atoms with Gasteiger partial charge in [0.25, 0.3) is 11.8 Å². The van der Waals surface area contributed by atoms with Gasteiger partial charge in [-0.15, -0.1) is 12.4 Å². The molecule has 2 spiro atoms. The largest absolute Gasteiger partial charge is 0.484 e. The molecule has 6 aliphatic rings. The zero-order valence-corrected chi connectivity index (χ0v) is 33.3. The Morgan fingerprint density at radius 3 is 1.61 bits per heavy atom. The van der Waals surface area contributed by atoms with Crippen LogP contribution in [0.5, 0.6) is 23.3 Å². The first kappa shape index (κ1) is 43.3. The summed E-state index contributed by atoms with van der Waals surface area (Å²) in [6.07, 6.45) is 9.92. The lowest BCUT2D eigenvalue weighted by molar-refractivity contribution is -0.130. The minimum Gasteiger partial charge on any atom is -0.484 e. The average molecular weight is 827 g/mol. The Morgan fingerprint density at radius 2 is 1.14 bits per heavy atom. The molecule has 4 fully saturated rings. The summed E-state index contributed by atoms with van der Waals surface area (Å²) in [7, 11) is 0. The van der Waals surface area contributed by atoms with Gasteiger partial charge in [0.15, 0.2) is 23.7 Å². The SMILES string of the molecule is C.Cl.O=C1NCCC12CCN(Cc1ccc([C@H]3COc4cccnc4O3)cc1)CC2.O=C1NCCC12CCNCC2.O=Cc1ccc([C@H]2COc3cccnc3O2)cc1. The Kier molecular flexibility index (Phi) is 14.5. The summed E-state index contributed by atoms with van der Waals surface area (Å²) in [6.45, 7) is 7.57. The first-order chi connectivity index (χ1) is 27.9. The van der Waals surface area contributed by atoms with Gasteiger partial charge in [-0.1, -0.05) is 56.0 Å². The molecule has 13 nitrogen and oxygen atoms in total. The number of piperidine rings is 2. The Labute approximate surface area is 352 Å². The van der Waals surface area contributed by atoms with Crippen LogP contribution in [0.3, 0.4) is 0 Å². The summed E-state index contributed by atoms with van der Waals surface area (Å²) in [6, 6.07) is 23.2. The molecular formula is C45H55ClN6O7. The van der Waals surface area contributed by atoms with Crippen LogP contribution in [0, 0.1) is 10.8 Å². The monoisotopic (exact) mass is 826 g/mol. The van der Waals surface area contributed by atoms with Crippen molar-refractivity contribution in [2.24, 2.45) is 10.8 Å². The van der Waals surface area contributed by atoms with Gasteiger partial charge >= 0.3 is 0 Å². The highest BCUT2D eigenvalue weighted by Gasteiger charge is 2.44. The molecule has 2 aromatic heterocycles. The van der Waals surface area contributed by atoms with E-state index in [-0.39, 0.29) is 48.8 Å². The predicted molar refractivity (Wildman–Crippen MR) is 225 cm³/mol. The van der Waals surface area contributed by atoms with Crippen LogP contribution in [0.1, 0.15) is 85.2 Å². The van der Waals surface area contributed by atoms with Crippen LogP contribution < -0.4 is 34.9 Å². The predicted octanol–water partition coefficient (Wildman–Crippen LogP) is 6.04. The molecule has 0 aliphatic carbocycles. The van der Waals surface area contributed by atoms with Gasteiger partial charge in [0.05, 0.1) is 10.8 Å². The summed E-state index contributed by atoms with van der Waals surface area (Å²) >= 11 is 0. The number of amides is 2. The van der Waals surface area contributed by atoms with Crippen molar-refractivity contribution in [1.29, 1.82) is 0 Å². The number of halogens is 1. The van der Waals surface area contributed by atoms with Gasteiger partial charge in [0.2, 0.25) is 11.8 Å². The summed E-state index contributed by atoms with van der Waals surface area (Å²) in [4.78, 5) is 44.9. The fourth-order valence-corrected chi connectivity index (χ4v) is 8.46. The number of aromatic nitrogens is 2. The molecule has 2 amide bonds. The van der Waals surface area contributed by atoms with Crippen LogP contribution in [0.15, 0.2) is 85.2 Å². The molecule has 8 heterocycles. The Hall–Kier alpha value is -5.24. The number of aldehydes is 1. The lowest BCUT2D eigenvalue weighted by Crippen LogP contribution is -2.43. The van der Waals surface area contributed by atoms with Gasteiger partial charge in [0, 0.05) is 37.6 Å². The maximum absolute atomic E-state index is 12.1. The number of pyridine rings is 2. The first-order valence-corrected chi connectivity index (χ1v) is 20.0. The number of hydrogen-bond acceptors (Lipinski definition) is 11. The summed E-state index contributed by atoms with van der Waals surface area (Å²) in [5.41, 5.74) is 3.92. The van der Waals surface area contributed by atoms with Crippen molar-refractivity contribution < 1.29 is 33.3 Å². The van der Waals surface area contributed by atoms with Crippen molar-refractivity contribution in [2.75, 3.05) is 52.5 Å². The quantitative estimate of drug-likeness (QED) is 0.202. The second kappa shape index (κ2) is 19.7. The minimum absolute atomic E-state index is 0. The maximum Gasteiger partial charge on any atom is 0.257 e. The van der Waals surface area contributed by atoms with E-state index in [4.69, 9.17) is 18.9 Å². The van der Waals surface area contributed by atoms with Crippen LogP contribution in [0.2, 0.25) is 0 Å². The van der Waals surface area contributed by atoms with Crippen LogP contribution >= 0.6 is 12.4 Å². The zero-order chi connectivity index (χ0) is 39.1. The molecule has 0 saturated carbocycles. The van der Waals surface area contributed by atoms with Crippen molar-refractivity contribution in [3.63, 3.8) is 0 Å². The fourth-order valence-electron chi connectivity index (χ4n) is 8.46. The fraction of sp³-hybridized carbons (Fsp3) is 0.444. The van der Waals surface area contributed by atoms with Crippen molar-refractivity contribution >= 4 is 30.5 Å². The normalized spacial score (nSPS) is 21.8. The third-order valence-corrected chi connectivity index (χ3v) is 12.1. The van der Waals surface area contributed by atoms with Crippen LogP contribution in [0.25, 0.3) is 0 Å². The molecule has 4 aromatic rings. The molecule has 2 atom stereocenters. The second-order valence-corrected chi connectivity index (χ2v) is 15.6. The summed E-state index contributed by atoms with van der Waals surface area (Å²) < 4.78 is 23.1. The number of carbonyl (C=O) groups excluding carboxylic acids is 3. The molecule has 10 rings (SSSR count). The molecule has 0 radical (unpaired) electrons. The summed E-state index contributed by atoms with van der Waals surface area (Å²) in [5, 5.41) is 9.19. The van der Waals surface area contributed by atoms with Gasteiger partial charge in [-0.2, -0.15) is 0 Å². The number of benzene rings is 2. The first-order valence-electron chi connectivity index (χ1n) is 20.0. The third-order valence-electron chi connectivity index (χ3n) is 12.1. The Morgan fingerprint density at radius 1 is 0.661 bits per heavy atom. The van der Waals surface area contributed by atoms with Gasteiger partial charge in [-0.05, 0) is 106 Å². The highest BCUT2D eigenvalue weighted by atomic mass is 35.5. The second-order valence-electron chi connectivity index (χ2n) is 15.6. The Bertz CT molecular complexity index is 2020. The van der Waals surface area contributed by atoms with Crippen LogP contribution in [-0.4, -0.2) is 85.5 Å². The van der Waals surface area contributed by atoms with E-state index in [9.17, 15) is 14.4 Å². The number of carbonyl (C=O) groups is 3. The lowest BCUT2D eigenvalue weighted by Gasteiger charge is -2.37. The van der Waals surface area contributed by atoms with E-state index in [2.05, 4.69) is 55.1 Å². The topological polar surface area (TPSA) is 153 Å². The Balaban J connectivity index is 0.000000162. The van der Waals surface area contributed by atoms with E-state index >= 15 is 0 Å². The molecule has 59 heavy (non-hydrogen) atoms. The molecule has 314 valence electrons. The van der Waals surface area contributed by atoms with Crippen molar-refractivity contribution in [3.05, 3.63) is 107 Å². The van der Waals surface area contributed by atoms with E-state index in [0.29, 0.717) is 47.9 Å². The maximum atomic E-state index is 12.1. The van der Waals surface area contributed by atoms with Crippen LogP contribution in [0.4, 0.5) is 0 Å². The minimum atomic E-state index is -0.187. The van der Waals surface area contributed by atoms with E-state index in [1.165, 1.54) is 5.56 Å². The average Bonchev–Trinajstić information content (AvgIpc) is 3.81. The molecule has 3 N–H and O–H groups in total. The standard InChI is InChI=1S/C22H25N3O3.C14H11NO3.C8H14N2O.CH4.ClH/c26-21-22(7-11-24-21)8-12-25(13-9-22)14-16-3-5-17(6-4-16)19-15-27-18-2-1-10-23-20(18)28-19;16-8-10-3-5-11(6-4-10)13-9-17-12-2-1-7-15-14(12)18-13;11-7-8(3-6-10-7)1-4-9-5-2-8;;/h1-6,10,19H,7-9,11-15H2,(H,24,26);1-8,13H,9H2;9H,1-6H2,(H,10,11);1H4;1H/t19-;13-;;;/m11.../s1. The number of fused-ring (bicyclic) bond motifs is 2. The zero-order valence-electron chi connectivity index (χ0n) is 32.5. The van der Waals surface area contributed by atoms with Gasteiger partial charge in [-0.3, -0.25) is 19.3 Å². The van der Waals surface area contributed by atoms with E-state index in [0.717, 1.165) is 102 Å². The van der Waals surface area contributed by atoms with Crippen molar-refractivity contribution in [1.82, 2.24) is 30.8 Å². The highest BCUT2D eigenvalue weighted by molar-refractivity contribution is 5.86. The molecular weight excluding hydrogens is 772 g/mol. The van der Waals surface area contributed by atoms with E-state index < -0.39 is 0 Å². The van der Waals surface area contributed by atoms with Gasteiger partial charge in [0.1, 0.15) is 19.5 Å². The van der Waals surface area contributed by atoms with E-state index in [1.807, 2.05) is 30.3 Å². The molecule has 0 bridgehead atoms. The molecule has 6 aliphatic heterocycles. The number of likely N-dealkylation sites (tertiary alicyclic amines) is 1. The molecule has 2 aromatic carbocycles. The summed E-state index contributed by atoms with van der Waals surface area (Å²) in [5.74, 6) is 2.99. The number of nitrogens with zero attached hydrogens (tertiary/aromatic N) is 3. The molecule has 4 saturated heterocycles.